The normalized spacial score (nSPS) is 12.7. The highest BCUT2D eigenvalue weighted by Gasteiger charge is 2.14. The van der Waals surface area contributed by atoms with Crippen LogP contribution in [-0.4, -0.2) is 33.9 Å². The van der Waals surface area contributed by atoms with E-state index in [1.165, 1.54) is 0 Å². The zero-order valence-electron chi connectivity index (χ0n) is 12.3. The van der Waals surface area contributed by atoms with Gasteiger partial charge in [-0.3, -0.25) is 9.48 Å². The van der Waals surface area contributed by atoms with Crippen LogP contribution in [0.3, 0.4) is 0 Å². The third-order valence-corrected chi connectivity index (χ3v) is 3.19. The first kappa shape index (κ1) is 15.7. The number of aliphatic hydroxyl groups excluding tert-OH is 1. The molecule has 108 valence electrons. The second-order valence-electron chi connectivity index (χ2n) is 5.55. The molecule has 0 aliphatic heterocycles. The summed E-state index contributed by atoms with van der Waals surface area (Å²) in [5.41, 5.74) is 1.52. The highest BCUT2D eigenvalue weighted by molar-refractivity contribution is 5.95. The second kappa shape index (κ2) is 7.28. The van der Waals surface area contributed by atoms with E-state index in [0.29, 0.717) is 18.0 Å². The Hall–Kier alpha value is -1.36. The monoisotopic (exact) mass is 267 g/mol. The maximum absolute atomic E-state index is 12.0. The summed E-state index contributed by atoms with van der Waals surface area (Å²) in [6.07, 6.45) is 2.67. The van der Waals surface area contributed by atoms with Crippen LogP contribution in [0.2, 0.25) is 0 Å². The van der Waals surface area contributed by atoms with Crippen LogP contribution < -0.4 is 5.32 Å². The number of carbonyl (C=O) groups is 1. The Kier molecular flexibility index (Phi) is 6.02. The van der Waals surface area contributed by atoms with Crippen molar-refractivity contribution < 1.29 is 9.90 Å². The van der Waals surface area contributed by atoms with Gasteiger partial charge in [0.05, 0.1) is 11.8 Å². The molecule has 1 unspecified atom stereocenters. The molecule has 2 N–H and O–H groups in total. The Morgan fingerprint density at radius 3 is 2.74 bits per heavy atom. The standard InChI is InChI=1S/C14H25N3O2/c1-10(2)5-6-17-12(4)13(8-16-17)14(19)15-7-11(3)9-18/h8,10-11,18H,5-7,9H2,1-4H3,(H,15,19). The molecule has 0 radical (unpaired) electrons. The number of hydrogen-bond donors (Lipinski definition) is 2. The average molecular weight is 267 g/mol. The first-order valence-electron chi connectivity index (χ1n) is 6.87. The fraction of sp³-hybridized carbons (Fsp3) is 0.714. The van der Waals surface area contributed by atoms with Crippen molar-refractivity contribution in [1.82, 2.24) is 15.1 Å². The van der Waals surface area contributed by atoms with E-state index in [1.54, 1.807) is 6.20 Å². The third-order valence-electron chi connectivity index (χ3n) is 3.19. The van der Waals surface area contributed by atoms with Gasteiger partial charge in [-0.2, -0.15) is 5.10 Å². The summed E-state index contributed by atoms with van der Waals surface area (Å²) < 4.78 is 1.88. The van der Waals surface area contributed by atoms with Crippen LogP contribution in [0, 0.1) is 18.8 Å². The van der Waals surface area contributed by atoms with Crippen molar-refractivity contribution in [2.75, 3.05) is 13.2 Å². The fourth-order valence-corrected chi connectivity index (χ4v) is 1.70. The topological polar surface area (TPSA) is 67.2 Å². The molecule has 5 nitrogen and oxygen atoms in total. The first-order chi connectivity index (χ1) is 8.95. The average Bonchev–Trinajstić information content (AvgIpc) is 2.74. The number of aromatic nitrogens is 2. The van der Waals surface area contributed by atoms with E-state index in [2.05, 4.69) is 24.3 Å². The van der Waals surface area contributed by atoms with Crippen molar-refractivity contribution in [2.24, 2.45) is 11.8 Å². The molecule has 0 bridgehead atoms. The summed E-state index contributed by atoms with van der Waals surface area (Å²) >= 11 is 0. The van der Waals surface area contributed by atoms with E-state index in [1.807, 2.05) is 18.5 Å². The smallest absolute Gasteiger partial charge is 0.254 e. The van der Waals surface area contributed by atoms with Crippen molar-refractivity contribution in [3.8, 4) is 0 Å². The molecule has 0 spiro atoms. The minimum atomic E-state index is -0.117. The van der Waals surface area contributed by atoms with E-state index in [4.69, 9.17) is 5.11 Å². The molecule has 1 aromatic rings. The number of aryl methyl sites for hydroxylation is 1. The van der Waals surface area contributed by atoms with Crippen LogP contribution in [0.25, 0.3) is 0 Å². The minimum absolute atomic E-state index is 0.0697. The van der Waals surface area contributed by atoms with Gasteiger partial charge in [0.1, 0.15) is 0 Å². The Morgan fingerprint density at radius 1 is 1.47 bits per heavy atom. The van der Waals surface area contributed by atoms with Gasteiger partial charge in [-0.05, 0) is 25.2 Å². The van der Waals surface area contributed by atoms with Crippen LogP contribution in [-0.2, 0) is 6.54 Å². The molecule has 19 heavy (non-hydrogen) atoms. The Labute approximate surface area is 115 Å². The van der Waals surface area contributed by atoms with Gasteiger partial charge in [0.25, 0.3) is 5.91 Å². The van der Waals surface area contributed by atoms with E-state index < -0.39 is 0 Å². The molecule has 0 aliphatic carbocycles. The molecule has 1 amide bonds. The lowest BCUT2D eigenvalue weighted by Crippen LogP contribution is -2.29. The van der Waals surface area contributed by atoms with Crippen LogP contribution in [0.15, 0.2) is 6.20 Å². The summed E-state index contributed by atoms with van der Waals surface area (Å²) in [6.45, 7) is 9.53. The molecule has 0 aromatic carbocycles. The molecular weight excluding hydrogens is 242 g/mol. The highest BCUT2D eigenvalue weighted by atomic mass is 16.3. The maximum atomic E-state index is 12.0. The molecular formula is C14H25N3O2. The van der Waals surface area contributed by atoms with E-state index >= 15 is 0 Å². The number of nitrogens with zero attached hydrogens (tertiary/aromatic N) is 2. The zero-order valence-corrected chi connectivity index (χ0v) is 12.3. The summed E-state index contributed by atoms with van der Waals surface area (Å²) in [5, 5.41) is 16.0. The largest absolute Gasteiger partial charge is 0.396 e. The lowest BCUT2D eigenvalue weighted by molar-refractivity contribution is 0.0941. The van der Waals surface area contributed by atoms with Crippen LogP contribution >= 0.6 is 0 Å². The quantitative estimate of drug-likeness (QED) is 0.788. The highest BCUT2D eigenvalue weighted by Crippen LogP contribution is 2.10. The van der Waals surface area contributed by atoms with Crippen LogP contribution in [0.4, 0.5) is 0 Å². The Balaban J connectivity index is 2.61. The number of carbonyl (C=O) groups excluding carboxylic acids is 1. The van der Waals surface area contributed by atoms with E-state index in [0.717, 1.165) is 18.7 Å². The molecule has 1 rings (SSSR count). The molecule has 0 saturated heterocycles. The van der Waals surface area contributed by atoms with Crippen molar-refractivity contribution >= 4 is 5.91 Å². The van der Waals surface area contributed by atoms with Crippen molar-refractivity contribution in [2.45, 2.75) is 40.7 Å². The summed E-state index contributed by atoms with van der Waals surface area (Å²) in [6, 6.07) is 0. The number of rotatable bonds is 7. The molecule has 1 atom stereocenters. The zero-order chi connectivity index (χ0) is 14.4. The Bertz CT molecular complexity index is 413. The molecule has 0 aliphatic rings. The first-order valence-corrected chi connectivity index (χ1v) is 6.87. The molecule has 1 aromatic heterocycles. The van der Waals surface area contributed by atoms with Gasteiger partial charge in [0, 0.05) is 25.4 Å². The molecule has 0 saturated carbocycles. The summed E-state index contributed by atoms with van der Waals surface area (Å²) in [4.78, 5) is 12.0. The number of nitrogens with one attached hydrogen (secondary N) is 1. The van der Waals surface area contributed by atoms with Crippen molar-refractivity contribution in [3.05, 3.63) is 17.5 Å². The van der Waals surface area contributed by atoms with Gasteiger partial charge in [0.2, 0.25) is 0 Å². The minimum Gasteiger partial charge on any atom is -0.396 e. The number of amides is 1. The number of hydrogen-bond acceptors (Lipinski definition) is 3. The van der Waals surface area contributed by atoms with Gasteiger partial charge < -0.3 is 10.4 Å². The fourth-order valence-electron chi connectivity index (χ4n) is 1.70. The van der Waals surface area contributed by atoms with Gasteiger partial charge in [-0.15, -0.1) is 0 Å². The molecule has 1 heterocycles. The molecule has 5 heteroatoms. The maximum Gasteiger partial charge on any atom is 0.254 e. The van der Waals surface area contributed by atoms with Crippen molar-refractivity contribution in [1.29, 1.82) is 0 Å². The van der Waals surface area contributed by atoms with E-state index in [-0.39, 0.29) is 18.4 Å². The van der Waals surface area contributed by atoms with Crippen LogP contribution in [0.5, 0.6) is 0 Å². The lowest BCUT2D eigenvalue weighted by Gasteiger charge is -2.10. The SMILES string of the molecule is Cc1c(C(=O)NCC(C)CO)cnn1CCC(C)C. The summed E-state index contributed by atoms with van der Waals surface area (Å²) in [7, 11) is 0. The van der Waals surface area contributed by atoms with Gasteiger partial charge in [-0.25, -0.2) is 0 Å². The summed E-state index contributed by atoms with van der Waals surface area (Å²) in [5.74, 6) is 0.570. The second-order valence-corrected chi connectivity index (χ2v) is 5.55. The number of aliphatic hydroxyl groups is 1. The van der Waals surface area contributed by atoms with E-state index in [9.17, 15) is 4.79 Å². The van der Waals surface area contributed by atoms with Crippen LogP contribution in [0.1, 0.15) is 43.2 Å². The predicted molar refractivity (Wildman–Crippen MR) is 75.0 cm³/mol. The lowest BCUT2D eigenvalue weighted by atomic mass is 10.1. The third kappa shape index (κ3) is 4.67. The Morgan fingerprint density at radius 2 is 2.16 bits per heavy atom. The van der Waals surface area contributed by atoms with Gasteiger partial charge in [-0.1, -0.05) is 20.8 Å². The van der Waals surface area contributed by atoms with Gasteiger partial charge in [0.15, 0.2) is 0 Å². The predicted octanol–water partition coefficient (Wildman–Crippen LogP) is 1.60. The van der Waals surface area contributed by atoms with Crippen molar-refractivity contribution in [3.63, 3.8) is 0 Å². The molecule has 0 fully saturated rings. The van der Waals surface area contributed by atoms with Gasteiger partial charge >= 0.3 is 0 Å².